The summed E-state index contributed by atoms with van der Waals surface area (Å²) in [7, 11) is 0. The van der Waals surface area contributed by atoms with E-state index in [2.05, 4.69) is 13.8 Å². The fourth-order valence-corrected chi connectivity index (χ4v) is 4.03. The summed E-state index contributed by atoms with van der Waals surface area (Å²) >= 11 is 0. The summed E-state index contributed by atoms with van der Waals surface area (Å²) in [5, 5.41) is 0. The lowest BCUT2D eigenvalue weighted by atomic mass is 10.0. The molecule has 0 radical (unpaired) electrons. The van der Waals surface area contributed by atoms with Crippen LogP contribution < -0.4 is 5.56 Å². The minimum Gasteiger partial charge on any atom is -0.342 e. The fourth-order valence-electron chi connectivity index (χ4n) is 4.03. The number of rotatable bonds is 4. The molecule has 1 saturated heterocycles. The summed E-state index contributed by atoms with van der Waals surface area (Å²) in [4.78, 5) is 27.3. The number of likely N-dealkylation sites (tertiary alicyclic amines) is 1. The van der Waals surface area contributed by atoms with Crippen LogP contribution in [0.1, 0.15) is 26.7 Å². The fraction of sp³-hybridized carbons (Fsp3) is 0.429. The van der Waals surface area contributed by atoms with Gasteiger partial charge in [0.15, 0.2) is 0 Å². The number of fused-ring (bicyclic) bond motifs is 3. The van der Waals surface area contributed by atoms with Crippen LogP contribution in [0, 0.1) is 17.7 Å². The summed E-state index contributed by atoms with van der Waals surface area (Å²) in [6.45, 7) is 6.36. The third-order valence-corrected chi connectivity index (χ3v) is 5.81. The molecule has 3 aromatic rings. The second-order valence-corrected chi connectivity index (χ2v) is 7.71. The number of carbonyl (C=O) groups is 1. The van der Waals surface area contributed by atoms with E-state index in [1.807, 2.05) is 11.0 Å². The van der Waals surface area contributed by atoms with Crippen LogP contribution >= 0.6 is 0 Å². The van der Waals surface area contributed by atoms with Gasteiger partial charge in [0, 0.05) is 32.3 Å². The molecular weight excluding hydrogens is 345 g/mol. The zero-order chi connectivity index (χ0) is 19.1. The summed E-state index contributed by atoms with van der Waals surface area (Å²) in [5.74, 6) is 0.817. The average molecular weight is 369 g/mol. The van der Waals surface area contributed by atoms with Crippen molar-refractivity contribution in [1.29, 1.82) is 0 Å². The van der Waals surface area contributed by atoms with Crippen molar-refractivity contribution in [1.82, 2.24) is 13.9 Å². The topological polar surface area (TPSA) is 46.7 Å². The van der Waals surface area contributed by atoms with Gasteiger partial charge in [-0.1, -0.05) is 13.8 Å². The first-order chi connectivity index (χ1) is 13.0. The first-order valence-electron chi connectivity index (χ1n) is 9.52. The van der Waals surface area contributed by atoms with Crippen molar-refractivity contribution in [2.75, 3.05) is 13.1 Å². The minimum absolute atomic E-state index is 0.137. The van der Waals surface area contributed by atoms with E-state index in [1.165, 1.54) is 12.1 Å². The summed E-state index contributed by atoms with van der Waals surface area (Å²) in [6, 6.07) is 8.05. The number of nitrogens with zero attached hydrogens (tertiary/aromatic N) is 3. The molecule has 0 bridgehead atoms. The zero-order valence-corrected chi connectivity index (χ0v) is 15.7. The number of hydrogen-bond acceptors (Lipinski definition) is 2. The molecule has 2 aromatic heterocycles. The standard InChI is InChI=1S/C21H24FN3O2/c1-14-12-23(13-15(14)2)20(26)6-4-10-25-19-11-16(22)7-8-17(19)24-9-3-5-18(24)21(25)27/h3,5,7-9,11,14-15H,4,6,10,12-13H2,1-2H3/t14-,15-/m1/s1. The Kier molecular flexibility index (Phi) is 4.50. The highest BCUT2D eigenvalue weighted by molar-refractivity contribution is 5.79. The Morgan fingerprint density at radius 2 is 1.85 bits per heavy atom. The van der Waals surface area contributed by atoms with Crippen LogP contribution in [0.25, 0.3) is 16.6 Å². The summed E-state index contributed by atoms with van der Waals surface area (Å²) in [5.41, 5.74) is 1.74. The van der Waals surface area contributed by atoms with Crippen LogP contribution in [0.5, 0.6) is 0 Å². The van der Waals surface area contributed by atoms with Gasteiger partial charge in [-0.3, -0.25) is 9.59 Å². The van der Waals surface area contributed by atoms with Gasteiger partial charge in [0.25, 0.3) is 5.56 Å². The Bertz CT molecular complexity index is 1060. The van der Waals surface area contributed by atoms with E-state index in [9.17, 15) is 14.0 Å². The van der Waals surface area contributed by atoms with Gasteiger partial charge in [-0.25, -0.2) is 4.39 Å². The Balaban J connectivity index is 1.58. The van der Waals surface area contributed by atoms with Gasteiger partial charge >= 0.3 is 0 Å². The van der Waals surface area contributed by atoms with E-state index in [4.69, 9.17) is 0 Å². The van der Waals surface area contributed by atoms with Crippen molar-refractivity contribution >= 4 is 22.5 Å². The van der Waals surface area contributed by atoms with Crippen LogP contribution in [-0.2, 0) is 11.3 Å². The Morgan fingerprint density at radius 1 is 1.11 bits per heavy atom. The van der Waals surface area contributed by atoms with E-state index >= 15 is 0 Å². The van der Waals surface area contributed by atoms with E-state index < -0.39 is 0 Å². The SMILES string of the molecule is C[C@@H]1CN(C(=O)CCCn2c(=O)c3cccn3c3ccc(F)cc32)C[C@H]1C. The maximum Gasteiger partial charge on any atom is 0.275 e. The van der Waals surface area contributed by atoms with Crippen LogP contribution in [0.3, 0.4) is 0 Å². The normalized spacial score (nSPS) is 20.0. The number of aryl methyl sites for hydroxylation is 1. The number of carbonyl (C=O) groups excluding carboxylic acids is 1. The number of hydrogen-bond donors (Lipinski definition) is 0. The molecule has 0 unspecified atom stereocenters. The van der Waals surface area contributed by atoms with E-state index in [0.29, 0.717) is 42.3 Å². The molecule has 0 N–H and O–H groups in total. The predicted molar refractivity (Wildman–Crippen MR) is 103 cm³/mol. The molecule has 27 heavy (non-hydrogen) atoms. The van der Waals surface area contributed by atoms with Gasteiger partial charge in [-0.2, -0.15) is 0 Å². The number of halogens is 1. The van der Waals surface area contributed by atoms with Crippen molar-refractivity contribution in [3.05, 3.63) is 52.7 Å². The quantitative estimate of drug-likeness (QED) is 0.708. The number of aromatic nitrogens is 2. The van der Waals surface area contributed by atoms with Crippen molar-refractivity contribution in [3.8, 4) is 0 Å². The molecule has 1 aliphatic heterocycles. The maximum atomic E-state index is 13.8. The molecule has 1 fully saturated rings. The Morgan fingerprint density at radius 3 is 2.59 bits per heavy atom. The van der Waals surface area contributed by atoms with Crippen molar-refractivity contribution < 1.29 is 9.18 Å². The highest BCUT2D eigenvalue weighted by atomic mass is 19.1. The largest absolute Gasteiger partial charge is 0.342 e. The number of amides is 1. The Labute approximate surface area is 157 Å². The highest BCUT2D eigenvalue weighted by Gasteiger charge is 2.28. The molecule has 2 atom stereocenters. The lowest BCUT2D eigenvalue weighted by Crippen LogP contribution is -2.29. The Hall–Kier alpha value is -2.63. The first kappa shape index (κ1) is 17.8. The molecule has 3 heterocycles. The van der Waals surface area contributed by atoms with Crippen molar-refractivity contribution in [2.45, 2.75) is 33.2 Å². The molecule has 1 amide bonds. The zero-order valence-electron chi connectivity index (χ0n) is 15.7. The average Bonchev–Trinajstić information content (AvgIpc) is 3.25. The molecule has 6 heteroatoms. The van der Waals surface area contributed by atoms with Gasteiger partial charge in [0.1, 0.15) is 11.3 Å². The molecule has 0 spiro atoms. The molecule has 0 saturated carbocycles. The van der Waals surface area contributed by atoms with Gasteiger partial charge in [0.05, 0.1) is 11.0 Å². The second-order valence-electron chi connectivity index (χ2n) is 7.71. The summed E-state index contributed by atoms with van der Waals surface area (Å²) < 4.78 is 17.2. The van der Waals surface area contributed by atoms with Gasteiger partial charge in [-0.15, -0.1) is 0 Å². The molecular formula is C21H24FN3O2. The second kappa shape index (κ2) is 6.83. The van der Waals surface area contributed by atoms with E-state index in [0.717, 1.165) is 18.6 Å². The predicted octanol–water partition coefficient (Wildman–Crippen LogP) is 3.29. The molecule has 5 nitrogen and oxygen atoms in total. The number of benzene rings is 1. The van der Waals surface area contributed by atoms with Gasteiger partial charge in [-0.05, 0) is 48.6 Å². The molecule has 142 valence electrons. The van der Waals surface area contributed by atoms with Crippen molar-refractivity contribution in [2.24, 2.45) is 11.8 Å². The minimum atomic E-state index is -0.377. The third-order valence-electron chi connectivity index (χ3n) is 5.81. The van der Waals surface area contributed by atoms with Crippen LogP contribution in [0.2, 0.25) is 0 Å². The lowest BCUT2D eigenvalue weighted by Gasteiger charge is -2.17. The van der Waals surface area contributed by atoms with Crippen LogP contribution in [0.4, 0.5) is 4.39 Å². The van der Waals surface area contributed by atoms with Crippen LogP contribution in [0.15, 0.2) is 41.3 Å². The van der Waals surface area contributed by atoms with Crippen LogP contribution in [-0.4, -0.2) is 32.9 Å². The highest BCUT2D eigenvalue weighted by Crippen LogP contribution is 2.23. The maximum absolute atomic E-state index is 13.8. The monoisotopic (exact) mass is 369 g/mol. The first-order valence-corrected chi connectivity index (χ1v) is 9.52. The molecule has 1 aliphatic rings. The van der Waals surface area contributed by atoms with Crippen molar-refractivity contribution in [3.63, 3.8) is 0 Å². The van der Waals surface area contributed by atoms with E-state index in [-0.39, 0.29) is 17.3 Å². The molecule has 0 aliphatic carbocycles. The smallest absolute Gasteiger partial charge is 0.275 e. The molecule has 1 aromatic carbocycles. The third kappa shape index (κ3) is 3.13. The van der Waals surface area contributed by atoms with Gasteiger partial charge < -0.3 is 13.9 Å². The molecule has 4 rings (SSSR count). The lowest BCUT2D eigenvalue weighted by molar-refractivity contribution is -0.130. The van der Waals surface area contributed by atoms with Gasteiger partial charge in [0.2, 0.25) is 5.91 Å². The van der Waals surface area contributed by atoms with E-state index in [1.54, 1.807) is 27.3 Å². The summed E-state index contributed by atoms with van der Waals surface area (Å²) in [6.07, 6.45) is 2.76.